The zero-order valence-electron chi connectivity index (χ0n) is 28.6. The Morgan fingerprint density at radius 3 is 2.21 bits per heavy atom. The molecule has 4 rings (SSSR count). The second kappa shape index (κ2) is 12.8. The van der Waals surface area contributed by atoms with E-state index < -0.39 is 14.3 Å². The van der Waals surface area contributed by atoms with Crippen molar-refractivity contribution in [1.82, 2.24) is 0 Å². The van der Waals surface area contributed by atoms with Gasteiger partial charge in [-0.2, -0.15) is 0 Å². The number of carboxylic acids is 1. The fourth-order valence-electron chi connectivity index (χ4n) is 9.92. The second-order valence-corrected chi connectivity index (χ2v) is 22.1. The highest BCUT2D eigenvalue weighted by atomic mass is 28.4. The maximum Gasteiger partial charge on any atom is 0.303 e. The van der Waals surface area contributed by atoms with E-state index in [0.717, 1.165) is 32.3 Å². The molecule has 2 unspecified atom stereocenters. The van der Waals surface area contributed by atoms with Crippen LogP contribution in [0.15, 0.2) is 11.6 Å². The van der Waals surface area contributed by atoms with Crippen molar-refractivity contribution >= 4 is 20.1 Å². The summed E-state index contributed by atoms with van der Waals surface area (Å²) < 4.78 is 6.35. The number of carbonyl (C=O) groups is 2. The number of hydrogen-bond acceptors (Lipinski definition) is 3. The molecule has 0 saturated heterocycles. The first kappa shape index (κ1) is 33.9. The van der Waals surface area contributed by atoms with Crippen LogP contribution < -0.4 is 0 Å². The molecule has 0 spiro atoms. The van der Waals surface area contributed by atoms with Crippen molar-refractivity contribution in [3.63, 3.8) is 0 Å². The number of rotatable bonds is 13. The SMILES string of the molecule is CC1(CC(=O)O)CC[C@H]2[C@@H]3C(CCCCCCCCCO[Si](C)(C)C(C)(C)C)CC4=CC(=O)CC[C@]4(C)[C@@H]3CC[C@@]21C. The van der Waals surface area contributed by atoms with Gasteiger partial charge in [0.2, 0.25) is 0 Å². The lowest BCUT2D eigenvalue weighted by Crippen LogP contribution is -2.55. The standard InChI is InChI=1S/C37H64O4Si/c1-34(2,3)42(7,8)41-23-15-13-11-9-10-12-14-16-27-24-28-25-29(38)17-21-36(28,5)30-19-22-37(6)31(33(27)30)18-20-35(37,4)26-32(39)40/h25,27,30-31,33H,9-24,26H2,1-8H3,(H,39,40)/t27?,30-,31+,33-,35?,36+,37+/m1/s1. The molecule has 0 aliphatic heterocycles. The molecular weight excluding hydrogens is 536 g/mol. The Morgan fingerprint density at radius 2 is 1.57 bits per heavy atom. The largest absolute Gasteiger partial charge is 0.481 e. The molecule has 240 valence electrons. The summed E-state index contributed by atoms with van der Waals surface area (Å²) in [6.45, 7) is 19.8. The van der Waals surface area contributed by atoms with Gasteiger partial charge >= 0.3 is 5.97 Å². The van der Waals surface area contributed by atoms with Crippen molar-refractivity contribution in [1.29, 1.82) is 0 Å². The smallest absolute Gasteiger partial charge is 0.303 e. The maximum atomic E-state index is 12.5. The molecule has 1 N–H and O–H groups in total. The van der Waals surface area contributed by atoms with Crippen LogP contribution in [0.3, 0.4) is 0 Å². The predicted molar refractivity (Wildman–Crippen MR) is 176 cm³/mol. The molecule has 7 atom stereocenters. The Hall–Kier alpha value is -0.943. The Bertz CT molecular complexity index is 1010. The van der Waals surface area contributed by atoms with Crippen molar-refractivity contribution in [2.75, 3.05) is 6.61 Å². The van der Waals surface area contributed by atoms with Gasteiger partial charge in [-0.25, -0.2) is 0 Å². The molecule has 0 amide bonds. The molecule has 4 aliphatic carbocycles. The molecule has 0 aromatic rings. The number of fused-ring (bicyclic) bond motifs is 5. The molecule has 0 bridgehead atoms. The van der Waals surface area contributed by atoms with Crippen molar-refractivity contribution in [3.05, 3.63) is 11.6 Å². The zero-order chi connectivity index (χ0) is 31.0. The molecule has 0 radical (unpaired) electrons. The van der Waals surface area contributed by atoms with Gasteiger partial charge in [0.1, 0.15) is 0 Å². The molecule has 0 heterocycles. The minimum Gasteiger partial charge on any atom is -0.481 e. The number of allylic oxidation sites excluding steroid dienone is 1. The van der Waals surface area contributed by atoms with Crippen LogP contribution in [0.4, 0.5) is 0 Å². The summed E-state index contributed by atoms with van der Waals surface area (Å²) in [6.07, 6.45) is 20.0. The van der Waals surface area contributed by atoms with Crippen LogP contribution in [0.5, 0.6) is 0 Å². The van der Waals surface area contributed by atoms with Crippen LogP contribution in [0.25, 0.3) is 0 Å². The average molecular weight is 601 g/mol. The van der Waals surface area contributed by atoms with Crippen molar-refractivity contribution in [3.8, 4) is 0 Å². The second-order valence-electron chi connectivity index (χ2n) is 17.3. The monoisotopic (exact) mass is 600 g/mol. The van der Waals surface area contributed by atoms with Crippen molar-refractivity contribution < 1.29 is 19.1 Å². The average Bonchev–Trinajstić information content (AvgIpc) is 3.14. The molecule has 42 heavy (non-hydrogen) atoms. The van der Waals surface area contributed by atoms with E-state index >= 15 is 0 Å². The highest BCUT2D eigenvalue weighted by molar-refractivity contribution is 6.74. The first-order valence-corrected chi connectivity index (χ1v) is 20.5. The summed E-state index contributed by atoms with van der Waals surface area (Å²) in [7, 11) is -1.62. The fraction of sp³-hybridized carbons (Fsp3) is 0.892. The Balaban J connectivity index is 1.32. The van der Waals surface area contributed by atoms with Gasteiger partial charge in [-0.3, -0.25) is 9.59 Å². The Labute approximate surface area is 259 Å². The summed E-state index contributed by atoms with van der Waals surface area (Å²) in [4.78, 5) is 24.5. The predicted octanol–water partition coefficient (Wildman–Crippen LogP) is 10.4. The summed E-state index contributed by atoms with van der Waals surface area (Å²) in [6, 6.07) is 0. The van der Waals surface area contributed by atoms with E-state index in [9.17, 15) is 14.7 Å². The van der Waals surface area contributed by atoms with E-state index in [0.29, 0.717) is 47.3 Å². The third-order valence-corrected chi connectivity index (χ3v) is 18.5. The van der Waals surface area contributed by atoms with E-state index in [-0.39, 0.29) is 16.2 Å². The fourth-order valence-corrected chi connectivity index (χ4v) is 11.0. The number of ketones is 1. The van der Waals surface area contributed by atoms with Crippen LogP contribution in [0.1, 0.15) is 144 Å². The van der Waals surface area contributed by atoms with Gasteiger partial charge in [-0.05, 0) is 115 Å². The lowest BCUT2D eigenvalue weighted by atomic mass is 9.43. The molecule has 0 aromatic heterocycles. The minimum atomic E-state index is -1.62. The highest BCUT2D eigenvalue weighted by Crippen LogP contribution is 2.71. The van der Waals surface area contributed by atoms with E-state index in [1.165, 1.54) is 69.8 Å². The Kier molecular flexibility index (Phi) is 10.4. The molecule has 3 saturated carbocycles. The van der Waals surface area contributed by atoms with Crippen LogP contribution in [-0.4, -0.2) is 31.8 Å². The number of carbonyl (C=O) groups excluding carboxylic acids is 1. The third-order valence-electron chi connectivity index (χ3n) is 13.9. The number of carboxylic acid groups (broad SMARTS) is 1. The van der Waals surface area contributed by atoms with Crippen molar-refractivity contribution in [2.45, 2.75) is 162 Å². The van der Waals surface area contributed by atoms with Gasteiger partial charge in [0.05, 0.1) is 6.42 Å². The highest BCUT2D eigenvalue weighted by Gasteiger charge is 2.64. The van der Waals surface area contributed by atoms with Crippen LogP contribution in [0, 0.1) is 39.9 Å². The molecule has 5 heteroatoms. The summed E-state index contributed by atoms with van der Waals surface area (Å²) in [5.41, 5.74) is 1.63. The summed E-state index contributed by atoms with van der Waals surface area (Å²) >= 11 is 0. The van der Waals surface area contributed by atoms with E-state index in [2.05, 4.69) is 60.7 Å². The summed E-state index contributed by atoms with van der Waals surface area (Å²) in [5, 5.41) is 10.1. The number of unbranched alkanes of at least 4 members (excludes halogenated alkanes) is 6. The van der Waals surface area contributed by atoms with Gasteiger partial charge in [0.25, 0.3) is 0 Å². The number of hydrogen-bond donors (Lipinski definition) is 1. The van der Waals surface area contributed by atoms with Gasteiger partial charge < -0.3 is 9.53 Å². The van der Waals surface area contributed by atoms with Gasteiger partial charge in [-0.15, -0.1) is 0 Å². The first-order chi connectivity index (χ1) is 19.5. The van der Waals surface area contributed by atoms with Gasteiger partial charge in [0.15, 0.2) is 14.1 Å². The lowest BCUT2D eigenvalue weighted by Gasteiger charge is -2.62. The van der Waals surface area contributed by atoms with Gasteiger partial charge in [0, 0.05) is 13.0 Å². The molecule has 3 fully saturated rings. The van der Waals surface area contributed by atoms with Crippen LogP contribution in [-0.2, 0) is 14.0 Å². The first-order valence-electron chi connectivity index (χ1n) is 17.6. The van der Waals surface area contributed by atoms with Crippen LogP contribution >= 0.6 is 0 Å². The van der Waals surface area contributed by atoms with Crippen LogP contribution in [0.2, 0.25) is 18.1 Å². The Morgan fingerprint density at radius 1 is 0.952 bits per heavy atom. The van der Waals surface area contributed by atoms with E-state index in [1.807, 2.05) is 0 Å². The molecule has 0 aromatic carbocycles. The minimum absolute atomic E-state index is 0.103. The lowest BCUT2D eigenvalue weighted by molar-refractivity contribution is -0.145. The third kappa shape index (κ3) is 6.68. The normalized spacial score (nSPS) is 36.7. The van der Waals surface area contributed by atoms with E-state index in [1.54, 1.807) is 0 Å². The summed E-state index contributed by atoms with van der Waals surface area (Å²) in [5.74, 6) is 2.29. The van der Waals surface area contributed by atoms with Gasteiger partial charge in [-0.1, -0.05) is 85.6 Å². The van der Waals surface area contributed by atoms with E-state index in [4.69, 9.17) is 4.43 Å². The number of aliphatic carboxylic acids is 1. The molecule has 4 nitrogen and oxygen atoms in total. The topological polar surface area (TPSA) is 63.6 Å². The quantitative estimate of drug-likeness (QED) is 0.169. The molecule has 4 aliphatic rings. The zero-order valence-corrected chi connectivity index (χ0v) is 29.6. The van der Waals surface area contributed by atoms with Crippen molar-refractivity contribution in [2.24, 2.45) is 39.9 Å². The molecular formula is C37H64O4Si. The maximum absolute atomic E-state index is 12.5.